The van der Waals surface area contributed by atoms with Crippen molar-refractivity contribution in [3.05, 3.63) is 146 Å². The molecule has 0 spiro atoms. The summed E-state index contributed by atoms with van der Waals surface area (Å²) in [5.74, 6) is -0.972. The van der Waals surface area contributed by atoms with Crippen molar-refractivity contribution < 1.29 is 28.6 Å². The molecule has 0 heterocycles. The van der Waals surface area contributed by atoms with Gasteiger partial charge in [-0.1, -0.05) is 276 Å². The number of unbranched alkanes of at least 4 members (excludes halogenated alkanes) is 24. The lowest BCUT2D eigenvalue weighted by molar-refractivity contribution is -0.167. The van der Waals surface area contributed by atoms with Crippen LogP contribution < -0.4 is 0 Å². The zero-order valence-corrected chi connectivity index (χ0v) is 52.5. The van der Waals surface area contributed by atoms with Crippen molar-refractivity contribution in [3.8, 4) is 0 Å². The highest BCUT2D eigenvalue weighted by atomic mass is 16.6. The van der Waals surface area contributed by atoms with Crippen LogP contribution in [0.4, 0.5) is 0 Å². The first-order chi connectivity index (χ1) is 40.0. The van der Waals surface area contributed by atoms with Gasteiger partial charge in [-0.2, -0.15) is 0 Å². The van der Waals surface area contributed by atoms with Gasteiger partial charge in [0.2, 0.25) is 0 Å². The van der Waals surface area contributed by atoms with E-state index in [2.05, 4.69) is 167 Å². The summed E-state index contributed by atoms with van der Waals surface area (Å²) in [6, 6.07) is 0. The standard InChI is InChI=1S/C75H122O6/c1-4-7-10-13-16-19-22-25-28-31-34-35-36-37-38-39-42-44-47-50-53-56-59-62-65-68-74(77)80-71-72(81-75(78)69-66-63-60-57-54-51-48-45-41-33-30-27-24-21-18-15-12-9-6-3)70-79-73(76)67-64-61-58-55-52-49-46-43-40-32-29-26-23-20-17-14-11-8-5-2/h8-9,11-12,17-18,20-22,25-27,29-31,34,40-41,43,45,49,51-52,54,72H,4-7,10,13-16,19,23-24,28,32-33,35-39,42,44,46-48,50,53,55-71H2,1-3H3/b11-8-,12-9-,20-17-,21-18-,25-22-,29-26-,30-27-,34-31-,43-40-,45-41-,52-49-,54-51-. The Bertz CT molecular complexity index is 1760. The van der Waals surface area contributed by atoms with E-state index in [1.807, 2.05) is 0 Å². The minimum absolute atomic E-state index is 0.107. The van der Waals surface area contributed by atoms with E-state index in [1.165, 1.54) is 109 Å². The lowest BCUT2D eigenvalue weighted by Gasteiger charge is -2.18. The number of carbonyl (C=O) groups is 3. The number of carbonyl (C=O) groups excluding carboxylic acids is 3. The summed E-state index contributed by atoms with van der Waals surface area (Å²) in [7, 11) is 0. The van der Waals surface area contributed by atoms with E-state index in [9.17, 15) is 14.4 Å². The number of rotatable bonds is 59. The minimum Gasteiger partial charge on any atom is -0.462 e. The summed E-state index contributed by atoms with van der Waals surface area (Å²) in [5.41, 5.74) is 0. The van der Waals surface area contributed by atoms with Gasteiger partial charge in [-0.3, -0.25) is 14.4 Å². The highest BCUT2D eigenvalue weighted by Crippen LogP contribution is 2.15. The van der Waals surface area contributed by atoms with Gasteiger partial charge in [-0.15, -0.1) is 0 Å². The molecule has 0 fully saturated rings. The molecule has 81 heavy (non-hydrogen) atoms. The zero-order valence-electron chi connectivity index (χ0n) is 52.5. The smallest absolute Gasteiger partial charge is 0.306 e. The maximum Gasteiger partial charge on any atom is 0.306 e. The second kappa shape index (κ2) is 67.8. The van der Waals surface area contributed by atoms with Crippen molar-refractivity contribution in [2.75, 3.05) is 13.2 Å². The van der Waals surface area contributed by atoms with Crippen LogP contribution in [0.3, 0.4) is 0 Å². The quantitative estimate of drug-likeness (QED) is 0.0261. The molecule has 458 valence electrons. The summed E-state index contributed by atoms with van der Waals surface area (Å²) >= 11 is 0. The number of allylic oxidation sites excluding steroid dienone is 24. The third-order valence-electron chi connectivity index (χ3n) is 13.8. The lowest BCUT2D eigenvalue weighted by Crippen LogP contribution is -2.30. The van der Waals surface area contributed by atoms with Gasteiger partial charge in [-0.25, -0.2) is 0 Å². The van der Waals surface area contributed by atoms with E-state index in [-0.39, 0.29) is 37.5 Å². The fourth-order valence-electron chi connectivity index (χ4n) is 8.88. The summed E-state index contributed by atoms with van der Waals surface area (Å²) in [6.45, 7) is 6.36. The molecular weight excluding hydrogens is 997 g/mol. The lowest BCUT2D eigenvalue weighted by atomic mass is 10.0. The van der Waals surface area contributed by atoms with Crippen LogP contribution in [0.1, 0.15) is 290 Å². The highest BCUT2D eigenvalue weighted by Gasteiger charge is 2.19. The van der Waals surface area contributed by atoms with Crippen molar-refractivity contribution in [2.45, 2.75) is 297 Å². The van der Waals surface area contributed by atoms with Gasteiger partial charge in [0.25, 0.3) is 0 Å². The molecule has 0 aliphatic carbocycles. The van der Waals surface area contributed by atoms with Gasteiger partial charge < -0.3 is 14.2 Å². The van der Waals surface area contributed by atoms with Crippen LogP contribution >= 0.6 is 0 Å². The maximum absolute atomic E-state index is 12.9. The van der Waals surface area contributed by atoms with Crippen molar-refractivity contribution in [1.82, 2.24) is 0 Å². The van der Waals surface area contributed by atoms with Crippen molar-refractivity contribution in [1.29, 1.82) is 0 Å². The molecule has 0 saturated carbocycles. The SMILES string of the molecule is CC/C=C\C/C=C\C/C=C\C/C=C\C/C=C\CCCCCC(=O)OCC(COC(=O)CCCCCCCCCCCCCCC/C=C\C/C=C\CCCCCCC)OC(=O)CCCCC/C=C\C/C=C\C/C=C\C/C=C\C/C=C\CC. The average molecular weight is 1120 g/mol. The molecule has 0 aliphatic rings. The van der Waals surface area contributed by atoms with Crippen molar-refractivity contribution >= 4 is 17.9 Å². The van der Waals surface area contributed by atoms with Crippen LogP contribution in [-0.2, 0) is 28.6 Å². The van der Waals surface area contributed by atoms with Gasteiger partial charge in [0.1, 0.15) is 13.2 Å². The van der Waals surface area contributed by atoms with Gasteiger partial charge >= 0.3 is 17.9 Å². The first-order valence-electron chi connectivity index (χ1n) is 33.3. The van der Waals surface area contributed by atoms with E-state index in [0.717, 1.165) is 135 Å². The normalized spacial score (nSPS) is 13.1. The van der Waals surface area contributed by atoms with Crippen LogP contribution in [-0.4, -0.2) is 37.2 Å². The summed E-state index contributed by atoms with van der Waals surface area (Å²) in [6.07, 6.45) is 97.1. The third-order valence-corrected chi connectivity index (χ3v) is 13.8. The van der Waals surface area contributed by atoms with Crippen LogP contribution in [0.2, 0.25) is 0 Å². The first-order valence-corrected chi connectivity index (χ1v) is 33.3. The second-order valence-corrected chi connectivity index (χ2v) is 21.6. The highest BCUT2D eigenvalue weighted by molar-refractivity contribution is 5.71. The number of hydrogen-bond donors (Lipinski definition) is 0. The minimum atomic E-state index is -0.818. The summed E-state index contributed by atoms with van der Waals surface area (Å²) < 4.78 is 16.9. The molecule has 0 N–H and O–H groups in total. The van der Waals surface area contributed by atoms with Gasteiger partial charge in [0.15, 0.2) is 6.10 Å². The van der Waals surface area contributed by atoms with E-state index < -0.39 is 6.10 Å². The predicted molar refractivity (Wildman–Crippen MR) is 352 cm³/mol. The Labute approximate surface area is 499 Å². The van der Waals surface area contributed by atoms with Gasteiger partial charge in [0.05, 0.1) is 0 Å². The zero-order chi connectivity index (χ0) is 58.5. The average Bonchev–Trinajstić information content (AvgIpc) is 3.47. The fourth-order valence-corrected chi connectivity index (χ4v) is 8.88. The van der Waals surface area contributed by atoms with Crippen LogP contribution in [0.25, 0.3) is 0 Å². The molecule has 0 amide bonds. The largest absolute Gasteiger partial charge is 0.462 e. The number of ether oxygens (including phenoxy) is 3. The Morgan fingerprint density at radius 2 is 0.481 bits per heavy atom. The predicted octanol–water partition coefficient (Wildman–Crippen LogP) is 23.1. The molecule has 0 rings (SSSR count). The molecule has 6 nitrogen and oxygen atoms in total. The third kappa shape index (κ3) is 66.0. The Hall–Kier alpha value is -4.71. The maximum atomic E-state index is 12.9. The monoisotopic (exact) mass is 1120 g/mol. The van der Waals surface area contributed by atoms with E-state index >= 15 is 0 Å². The molecule has 0 saturated heterocycles. The molecule has 0 radical (unpaired) electrons. The molecule has 1 atom stereocenters. The second-order valence-electron chi connectivity index (χ2n) is 21.6. The van der Waals surface area contributed by atoms with Gasteiger partial charge in [-0.05, 0) is 141 Å². The van der Waals surface area contributed by atoms with Crippen LogP contribution in [0.5, 0.6) is 0 Å². The Morgan fingerprint density at radius 3 is 0.765 bits per heavy atom. The van der Waals surface area contributed by atoms with Crippen molar-refractivity contribution in [3.63, 3.8) is 0 Å². The van der Waals surface area contributed by atoms with Crippen LogP contribution in [0.15, 0.2) is 146 Å². The molecule has 0 bridgehead atoms. The molecule has 0 aliphatic heterocycles. The molecule has 1 unspecified atom stereocenters. The summed E-state index contributed by atoms with van der Waals surface area (Å²) in [4.78, 5) is 38.4. The van der Waals surface area contributed by atoms with E-state index in [1.54, 1.807) is 0 Å². The fraction of sp³-hybridized carbons (Fsp3) is 0.640. The number of hydrogen-bond acceptors (Lipinski definition) is 6. The molecule has 0 aromatic heterocycles. The molecular formula is C75H122O6. The Kier molecular flexibility index (Phi) is 63.9. The Balaban J connectivity index is 4.47. The van der Waals surface area contributed by atoms with E-state index in [0.29, 0.717) is 19.3 Å². The number of esters is 3. The van der Waals surface area contributed by atoms with Crippen LogP contribution in [0, 0.1) is 0 Å². The summed E-state index contributed by atoms with van der Waals surface area (Å²) in [5, 5.41) is 0. The topological polar surface area (TPSA) is 78.9 Å². The molecule has 0 aromatic carbocycles. The van der Waals surface area contributed by atoms with Gasteiger partial charge in [0, 0.05) is 19.3 Å². The Morgan fingerprint density at radius 1 is 0.259 bits per heavy atom. The molecule has 0 aromatic rings. The first kappa shape index (κ1) is 76.3. The molecule has 6 heteroatoms. The van der Waals surface area contributed by atoms with Crippen molar-refractivity contribution in [2.24, 2.45) is 0 Å². The van der Waals surface area contributed by atoms with E-state index in [4.69, 9.17) is 14.2 Å².